The highest BCUT2D eigenvalue weighted by Gasteiger charge is 2.61. The van der Waals surface area contributed by atoms with Gasteiger partial charge in [-0.25, -0.2) is 0 Å². The minimum atomic E-state index is -1.67. The fraction of sp³-hybridized carbons (Fsp3) is 0.840. The van der Waals surface area contributed by atoms with Crippen LogP contribution in [0.4, 0.5) is 0 Å². The van der Waals surface area contributed by atoms with Crippen LogP contribution in [0.1, 0.15) is 72.6 Å². The zero-order valence-corrected chi connectivity index (χ0v) is 20.3. The van der Waals surface area contributed by atoms with Crippen molar-refractivity contribution < 1.29 is 14.0 Å². The monoisotopic (exact) mass is 416 g/mol. The third-order valence-electron chi connectivity index (χ3n) is 9.00. The zero-order valence-electron chi connectivity index (χ0n) is 19.3. The first-order valence-corrected chi connectivity index (χ1v) is 15.0. The van der Waals surface area contributed by atoms with Gasteiger partial charge < -0.3 is 4.43 Å². The standard InChI is InChI=1S/C25H40O3Si/c1-16(2)15-29(5,6)28-18-9-11-24(3)17(13-18)14-21(26)23-19-7-8-22(27)25(19,4)12-10-20(23)24/h14,16,18-20,23H,7-13,15H2,1-6H3/t18-,19?,20?,23?,24-,25-/m0/s1. The zero-order chi connectivity index (χ0) is 21.2. The predicted octanol–water partition coefficient (Wildman–Crippen LogP) is 5.94. The lowest BCUT2D eigenvalue weighted by atomic mass is 9.48. The number of rotatable bonds is 4. The fourth-order valence-corrected chi connectivity index (χ4v) is 10.9. The average Bonchev–Trinajstić information content (AvgIpc) is 2.90. The molecule has 0 aromatic heterocycles. The van der Waals surface area contributed by atoms with Crippen molar-refractivity contribution in [1.29, 1.82) is 0 Å². The van der Waals surface area contributed by atoms with Gasteiger partial charge in [0.1, 0.15) is 5.78 Å². The molecular formula is C25H40O3Si. The fourth-order valence-electron chi connectivity index (χ4n) is 7.73. The molecule has 0 bridgehead atoms. The Hall–Kier alpha value is -0.743. The van der Waals surface area contributed by atoms with Crippen molar-refractivity contribution in [2.24, 2.45) is 34.5 Å². The van der Waals surface area contributed by atoms with Crippen molar-refractivity contribution in [3.63, 3.8) is 0 Å². The second-order valence-electron chi connectivity index (χ2n) is 12.0. The molecule has 4 heteroatoms. The number of Topliss-reactive ketones (excluding diaryl/α,β-unsaturated/α-hetero) is 1. The second kappa shape index (κ2) is 7.15. The molecule has 29 heavy (non-hydrogen) atoms. The van der Waals surface area contributed by atoms with E-state index in [1.165, 1.54) is 11.6 Å². The van der Waals surface area contributed by atoms with Crippen LogP contribution in [0.25, 0.3) is 0 Å². The van der Waals surface area contributed by atoms with Crippen molar-refractivity contribution in [1.82, 2.24) is 0 Å². The van der Waals surface area contributed by atoms with Crippen LogP contribution in [0.2, 0.25) is 19.1 Å². The van der Waals surface area contributed by atoms with E-state index in [1.54, 1.807) is 0 Å². The van der Waals surface area contributed by atoms with Gasteiger partial charge in [0.25, 0.3) is 0 Å². The molecule has 6 atom stereocenters. The third kappa shape index (κ3) is 3.52. The number of allylic oxidation sites excluding steroid dienone is 1. The first kappa shape index (κ1) is 21.5. The lowest BCUT2D eigenvalue weighted by Gasteiger charge is -2.56. The van der Waals surface area contributed by atoms with E-state index in [9.17, 15) is 9.59 Å². The second-order valence-corrected chi connectivity index (χ2v) is 16.1. The van der Waals surface area contributed by atoms with Gasteiger partial charge in [0.15, 0.2) is 14.1 Å². The molecule has 0 N–H and O–H groups in total. The van der Waals surface area contributed by atoms with E-state index < -0.39 is 8.32 Å². The molecule has 3 unspecified atom stereocenters. The van der Waals surface area contributed by atoms with Gasteiger partial charge in [-0.3, -0.25) is 9.59 Å². The molecular weight excluding hydrogens is 376 g/mol. The summed E-state index contributed by atoms with van der Waals surface area (Å²) in [6, 6.07) is 1.19. The molecule has 4 aliphatic rings. The summed E-state index contributed by atoms with van der Waals surface area (Å²) in [5.41, 5.74) is 1.22. The van der Waals surface area contributed by atoms with Gasteiger partial charge in [0.2, 0.25) is 0 Å². The molecule has 0 radical (unpaired) electrons. The number of hydrogen-bond donors (Lipinski definition) is 0. The average molecular weight is 417 g/mol. The Labute approximate surface area is 178 Å². The third-order valence-corrected chi connectivity index (χ3v) is 11.8. The Bertz CT molecular complexity index is 738. The van der Waals surface area contributed by atoms with Gasteiger partial charge in [-0.2, -0.15) is 0 Å². The molecule has 3 fully saturated rings. The summed E-state index contributed by atoms with van der Waals surface area (Å²) in [6.07, 6.45) is 9.05. The molecule has 0 amide bonds. The van der Waals surface area contributed by atoms with Crippen LogP contribution in [0.3, 0.4) is 0 Å². The molecule has 0 aromatic rings. The van der Waals surface area contributed by atoms with E-state index in [-0.39, 0.29) is 28.8 Å². The molecule has 0 heterocycles. The maximum Gasteiger partial charge on any atom is 0.187 e. The summed E-state index contributed by atoms with van der Waals surface area (Å²) in [5.74, 6) is 2.14. The maximum absolute atomic E-state index is 13.3. The SMILES string of the molecule is CC(C)C[Si](C)(C)O[C@H]1CC[C@@]2(C)C(=CC(=O)C3C2CC[C@]2(C)C(=O)CCC32)C1. The number of carbonyl (C=O) groups excluding carboxylic acids is 2. The maximum atomic E-state index is 13.3. The molecule has 162 valence electrons. The van der Waals surface area contributed by atoms with Crippen LogP contribution in [0.15, 0.2) is 11.6 Å². The summed E-state index contributed by atoms with van der Waals surface area (Å²) in [5, 5.41) is 0. The molecule has 4 aliphatic carbocycles. The van der Waals surface area contributed by atoms with Gasteiger partial charge in [-0.05, 0) is 86.9 Å². The number of ketones is 2. The minimum absolute atomic E-state index is 0.0678. The molecule has 0 aliphatic heterocycles. The Kier molecular flexibility index (Phi) is 5.30. The van der Waals surface area contributed by atoms with Crippen molar-refractivity contribution in [3.8, 4) is 0 Å². The van der Waals surface area contributed by atoms with Crippen LogP contribution in [-0.2, 0) is 14.0 Å². The van der Waals surface area contributed by atoms with E-state index in [0.29, 0.717) is 29.8 Å². The lowest BCUT2D eigenvalue weighted by molar-refractivity contribution is -0.139. The van der Waals surface area contributed by atoms with E-state index >= 15 is 0 Å². The van der Waals surface area contributed by atoms with Gasteiger partial charge in [-0.15, -0.1) is 0 Å². The predicted molar refractivity (Wildman–Crippen MR) is 119 cm³/mol. The first-order valence-electron chi connectivity index (χ1n) is 11.9. The van der Waals surface area contributed by atoms with Gasteiger partial charge in [0, 0.05) is 23.9 Å². The molecule has 0 spiro atoms. The lowest BCUT2D eigenvalue weighted by Crippen LogP contribution is -2.54. The first-order chi connectivity index (χ1) is 13.5. The molecule has 3 nitrogen and oxygen atoms in total. The Morgan fingerprint density at radius 1 is 1.07 bits per heavy atom. The van der Waals surface area contributed by atoms with E-state index in [2.05, 4.69) is 40.8 Å². The van der Waals surface area contributed by atoms with E-state index in [4.69, 9.17) is 4.43 Å². The Morgan fingerprint density at radius 2 is 1.72 bits per heavy atom. The summed E-state index contributed by atoms with van der Waals surface area (Å²) < 4.78 is 6.70. The normalized spacial score (nSPS) is 42.4. The molecule has 0 saturated heterocycles. The van der Waals surface area contributed by atoms with Crippen molar-refractivity contribution in [3.05, 3.63) is 11.6 Å². The van der Waals surface area contributed by atoms with Crippen molar-refractivity contribution >= 4 is 19.9 Å². The molecule has 4 rings (SSSR count). The number of carbonyl (C=O) groups is 2. The van der Waals surface area contributed by atoms with Crippen LogP contribution in [0.5, 0.6) is 0 Å². The van der Waals surface area contributed by atoms with Crippen LogP contribution in [-0.4, -0.2) is 26.0 Å². The molecule has 0 aromatic carbocycles. The van der Waals surface area contributed by atoms with E-state index in [1.807, 2.05) is 6.08 Å². The van der Waals surface area contributed by atoms with Gasteiger partial charge in [-0.1, -0.05) is 33.3 Å². The van der Waals surface area contributed by atoms with Crippen molar-refractivity contribution in [2.75, 3.05) is 0 Å². The Morgan fingerprint density at radius 3 is 2.41 bits per heavy atom. The largest absolute Gasteiger partial charge is 0.414 e. The van der Waals surface area contributed by atoms with Crippen LogP contribution in [0, 0.1) is 34.5 Å². The smallest absolute Gasteiger partial charge is 0.187 e. The summed E-state index contributed by atoms with van der Waals surface area (Å²) in [6.45, 7) is 13.8. The van der Waals surface area contributed by atoms with Crippen LogP contribution < -0.4 is 0 Å². The summed E-state index contributed by atoms with van der Waals surface area (Å²) in [4.78, 5) is 25.9. The minimum Gasteiger partial charge on any atom is -0.414 e. The Balaban J connectivity index is 1.56. The van der Waals surface area contributed by atoms with Gasteiger partial charge >= 0.3 is 0 Å². The van der Waals surface area contributed by atoms with Crippen LogP contribution >= 0.6 is 0 Å². The number of hydrogen-bond acceptors (Lipinski definition) is 3. The molecule has 3 saturated carbocycles. The highest BCUT2D eigenvalue weighted by Crippen LogP contribution is 2.63. The highest BCUT2D eigenvalue weighted by molar-refractivity contribution is 6.71. The summed E-state index contributed by atoms with van der Waals surface area (Å²) in [7, 11) is -1.67. The topological polar surface area (TPSA) is 43.4 Å². The van der Waals surface area contributed by atoms with Gasteiger partial charge in [0.05, 0.1) is 0 Å². The number of fused-ring (bicyclic) bond motifs is 5. The van der Waals surface area contributed by atoms with Crippen molar-refractivity contribution in [2.45, 2.75) is 97.9 Å². The summed E-state index contributed by atoms with van der Waals surface area (Å²) >= 11 is 0. The quantitative estimate of drug-likeness (QED) is 0.532. The highest BCUT2D eigenvalue weighted by atomic mass is 28.4. The van der Waals surface area contributed by atoms with E-state index in [0.717, 1.165) is 38.5 Å².